The predicted octanol–water partition coefficient (Wildman–Crippen LogP) is 0.519. The molecule has 0 aliphatic rings. The van der Waals surface area contributed by atoms with Crippen LogP contribution in [0.2, 0.25) is 0 Å². The SMILES string of the molecule is CC(=O)O.CCn1cnc2c(N)ncnc21. The molecule has 0 fully saturated rings. The van der Waals surface area contributed by atoms with Gasteiger partial charge in [-0.1, -0.05) is 0 Å². The molecule has 0 radical (unpaired) electrons. The summed E-state index contributed by atoms with van der Waals surface area (Å²) >= 11 is 0. The Morgan fingerprint density at radius 3 is 2.69 bits per heavy atom. The number of nitrogens with two attached hydrogens (primary N) is 1. The molecule has 7 heteroatoms. The second-order valence-corrected chi connectivity index (χ2v) is 2.98. The second-order valence-electron chi connectivity index (χ2n) is 2.98. The van der Waals surface area contributed by atoms with Gasteiger partial charge in [-0.25, -0.2) is 15.0 Å². The largest absolute Gasteiger partial charge is 0.481 e. The molecule has 0 unspecified atom stereocenters. The quantitative estimate of drug-likeness (QED) is 0.729. The molecular weight excluding hydrogens is 210 g/mol. The average molecular weight is 223 g/mol. The topological polar surface area (TPSA) is 107 Å². The molecule has 2 heterocycles. The molecule has 2 aromatic heterocycles. The third kappa shape index (κ3) is 2.66. The van der Waals surface area contributed by atoms with Crippen molar-refractivity contribution in [3.63, 3.8) is 0 Å². The van der Waals surface area contributed by atoms with E-state index in [1.807, 2.05) is 11.5 Å². The number of aryl methyl sites for hydroxylation is 1. The molecule has 0 saturated carbocycles. The lowest BCUT2D eigenvalue weighted by Crippen LogP contribution is -1.96. The highest BCUT2D eigenvalue weighted by molar-refractivity contribution is 5.80. The first-order valence-electron chi connectivity index (χ1n) is 4.67. The van der Waals surface area contributed by atoms with Crippen molar-refractivity contribution < 1.29 is 9.90 Å². The van der Waals surface area contributed by atoms with Gasteiger partial charge in [0.15, 0.2) is 11.5 Å². The Morgan fingerprint density at radius 1 is 1.50 bits per heavy atom. The molecule has 2 aromatic rings. The van der Waals surface area contributed by atoms with Gasteiger partial charge in [0.1, 0.15) is 11.8 Å². The van der Waals surface area contributed by atoms with Gasteiger partial charge in [-0.05, 0) is 6.92 Å². The summed E-state index contributed by atoms with van der Waals surface area (Å²) in [5, 5.41) is 7.42. The van der Waals surface area contributed by atoms with Crippen LogP contribution in [0.15, 0.2) is 12.7 Å². The monoisotopic (exact) mass is 223 g/mol. The number of hydrogen-bond acceptors (Lipinski definition) is 5. The Morgan fingerprint density at radius 2 is 2.12 bits per heavy atom. The summed E-state index contributed by atoms with van der Waals surface area (Å²) in [6.07, 6.45) is 3.17. The number of hydrogen-bond donors (Lipinski definition) is 2. The van der Waals surface area contributed by atoms with Gasteiger partial charge < -0.3 is 15.4 Å². The van der Waals surface area contributed by atoms with Crippen LogP contribution in [0.5, 0.6) is 0 Å². The normalized spacial score (nSPS) is 9.62. The van der Waals surface area contributed by atoms with E-state index in [0.29, 0.717) is 11.3 Å². The highest BCUT2D eigenvalue weighted by Gasteiger charge is 2.04. The predicted molar refractivity (Wildman–Crippen MR) is 58.7 cm³/mol. The van der Waals surface area contributed by atoms with E-state index in [-0.39, 0.29) is 0 Å². The zero-order valence-corrected chi connectivity index (χ0v) is 9.08. The van der Waals surface area contributed by atoms with Crippen molar-refractivity contribution in [2.45, 2.75) is 20.4 Å². The van der Waals surface area contributed by atoms with E-state index in [0.717, 1.165) is 19.1 Å². The summed E-state index contributed by atoms with van der Waals surface area (Å²) in [7, 11) is 0. The Hall–Kier alpha value is -2.18. The average Bonchev–Trinajstić information content (AvgIpc) is 2.61. The van der Waals surface area contributed by atoms with Gasteiger partial charge >= 0.3 is 0 Å². The molecule has 0 aromatic carbocycles. The molecular formula is C9H13N5O2. The van der Waals surface area contributed by atoms with E-state index < -0.39 is 5.97 Å². The zero-order valence-electron chi connectivity index (χ0n) is 9.08. The van der Waals surface area contributed by atoms with E-state index in [1.54, 1.807) is 6.33 Å². The standard InChI is InChI=1S/C7H9N5.C2H4O2/c1-2-12-4-11-5-6(8)9-3-10-7(5)12;1-2(3)4/h3-4H,2H2,1H3,(H2,8,9,10);1H3,(H,3,4). The van der Waals surface area contributed by atoms with Gasteiger partial charge in [0.25, 0.3) is 5.97 Å². The van der Waals surface area contributed by atoms with Gasteiger partial charge in [-0.3, -0.25) is 4.79 Å². The lowest BCUT2D eigenvalue weighted by molar-refractivity contribution is -0.134. The van der Waals surface area contributed by atoms with Crippen molar-refractivity contribution in [3.8, 4) is 0 Å². The first kappa shape index (κ1) is 11.9. The molecule has 0 amide bonds. The third-order valence-corrected chi connectivity index (χ3v) is 1.77. The van der Waals surface area contributed by atoms with Crippen LogP contribution in [0.1, 0.15) is 13.8 Å². The summed E-state index contributed by atoms with van der Waals surface area (Å²) in [5.41, 5.74) is 7.07. The van der Waals surface area contributed by atoms with Crippen LogP contribution in [0, 0.1) is 0 Å². The number of carboxylic acids is 1. The molecule has 0 bridgehead atoms. The summed E-state index contributed by atoms with van der Waals surface area (Å²) in [6, 6.07) is 0. The van der Waals surface area contributed by atoms with E-state index in [4.69, 9.17) is 15.6 Å². The highest BCUT2D eigenvalue weighted by atomic mass is 16.4. The number of nitrogens with zero attached hydrogens (tertiary/aromatic N) is 4. The van der Waals surface area contributed by atoms with Gasteiger partial charge in [-0.2, -0.15) is 0 Å². The van der Waals surface area contributed by atoms with Gasteiger partial charge in [0, 0.05) is 13.5 Å². The second kappa shape index (κ2) is 5.06. The number of nitrogen functional groups attached to an aromatic ring is 1. The molecule has 0 atom stereocenters. The fourth-order valence-electron chi connectivity index (χ4n) is 1.13. The third-order valence-electron chi connectivity index (χ3n) is 1.77. The molecule has 0 spiro atoms. The van der Waals surface area contributed by atoms with E-state index in [1.165, 1.54) is 6.33 Å². The van der Waals surface area contributed by atoms with Crippen LogP contribution in [-0.2, 0) is 11.3 Å². The minimum absolute atomic E-state index is 0.437. The molecule has 3 N–H and O–H groups in total. The molecule has 0 aliphatic heterocycles. The maximum atomic E-state index is 9.00. The minimum atomic E-state index is -0.833. The van der Waals surface area contributed by atoms with E-state index in [2.05, 4.69) is 15.0 Å². The lowest BCUT2D eigenvalue weighted by Gasteiger charge is -1.96. The van der Waals surface area contributed by atoms with Crippen LogP contribution in [-0.4, -0.2) is 30.6 Å². The van der Waals surface area contributed by atoms with Gasteiger partial charge in [0.2, 0.25) is 0 Å². The highest BCUT2D eigenvalue weighted by Crippen LogP contribution is 2.13. The van der Waals surface area contributed by atoms with Crippen molar-refractivity contribution in [2.24, 2.45) is 0 Å². The number of anilines is 1. The number of imidazole rings is 1. The smallest absolute Gasteiger partial charge is 0.300 e. The Balaban J connectivity index is 0.000000280. The molecule has 86 valence electrons. The van der Waals surface area contributed by atoms with Crippen molar-refractivity contribution in [1.82, 2.24) is 19.5 Å². The lowest BCUT2D eigenvalue weighted by atomic mass is 10.5. The van der Waals surface area contributed by atoms with Crippen molar-refractivity contribution in [2.75, 3.05) is 5.73 Å². The summed E-state index contributed by atoms with van der Waals surface area (Å²) in [4.78, 5) is 21.0. The number of aliphatic carboxylic acids is 1. The van der Waals surface area contributed by atoms with E-state index in [9.17, 15) is 0 Å². The molecule has 0 aliphatic carbocycles. The Bertz CT molecular complexity index is 490. The van der Waals surface area contributed by atoms with Crippen LogP contribution >= 0.6 is 0 Å². The molecule has 16 heavy (non-hydrogen) atoms. The summed E-state index contributed by atoms with van der Waals surface area (Å²) in [5.74, 6) is -0.396. The Labute approximate surface area is 92.0 Å². The van der Waals surface area contributed by atoms with Crippen molar-refractivity contribution >= 4 is 23.0 Å². The van der Waals surface area contributed by atoms with E-state index >= 15 is 0 Å². The van der Waals surface area contributed by atoms with Gasteiger partial charge in [-0.15, -0.1) is 0 Å². The maximum Gasteiger partial charge on any atom is 0.300 e. The summed E-state index contributed by atoms with van der Waals surface area (Å²) in [6.45, 7) is 3.95. The zero-order chi connectivity index (χ0) is 12.1. The fraction of sp³-hybridized carbons (Fsp3) is 0.333. The Kier molecular flexibility index (Phi) is 3.76. The van der Waals surface area contributed by atoms with Crippen molar-refractivity contribution in [1.29, 1.82) is 0 Å². The first-order valence-corrected chi connectivity index (χ1v) is 4.67. The number of fused-ring (bicyclic) bond motifs is 1. The molecule has 0 saturated heterocycles. The number of carbonyl (C=O) groups is 1. The van der Waals surface area contributed by atoms with Crippen LogP contribution in [0.25, 0.3) is 11.2 Å². The number of carboxylic acid groups (broad SMARTS) is 1. The minimum Gasteiger partial charge on any atom is -0.481 e. The molecule has 7 nitrogen and oxygen atoms in total. The van der Waals surface area contributed by atoms with Crippen LogP contribution < -0.4 is 5.73 Å². The maximum absolute atomic E-state index is 9.00. The first-order chi connectivity index (χ1) is 7.56. The van der Waals surface area contributed by atoms with Crippen LogP contribution in [0.3, 0.4) is 0 Å². The van der Waals surface area contributed by atoms with Crippen LogP contribution in [0.4, 0.5) is 5.82 Å². The molecule has 2 rings (SSSR count). The van der Waals surface area contributed by atoms with Gasteiger partial charge in [0.05, 0.1) is 6.33 Å². The summed E-state index contributed by atoms with van der Waals surface area (Å²) < 4.78 is 1.92. The number of rotatable bonds is 1. The number of aromatic nitrogens is 4. The van der Waals surface area contributed by atoms with Crippen molar-refractivity contribution in [3.05, 3.63) is 12.7 Å². The fourth-order valence-corrected chi connectivity index (χ4v) is 1.13.